The van der Waals surface area contributed by atoms with E-state index in [1.165, 1.54) is 41.5 Å². The monoisotopic (exact) mass is 342 g/mol. The normalized spacial score (nSPS) is 20.6. The Morgan fingerprint density at radius 1 is 1.05 bits per heavy atom. The molecule has 1 aliphatic rings. The van der Waals surface area contributed by atoms with Crippen LogP contribution in [-0.2, 0) is 12.8 Å². The SMILES string of the molecule is CC1(C)CCc2ccc(Cc3ccccc3)cc2C(Br)C1. The van der Waals surface area contributed by atoms with Crippen LogP contribution in [0.15, 0.2) is 48.5 Å². The molecule has 2 aromatic rings. The lowest BCUT2D eigenvalue weighted by Gasteiger charge is -2.24. The number of alkyl halides is 1. The Morgan fingerprint density at radius 3 is 2.57 bits per heavy atom. The fourth-order valence-corrected chi connectivity index (χ4v) is 4.58. The number of aryl methyl sites for hydroxylation is 1. The molecule has 1 aliphatic carbocycles. The van der Waals surface area contributed by atoms with Crippen LogP contribution < -0.4 is 0 Å². The van der Waals surface area contributed by atoms with Crippen LogP contribution in [-0.4, -0.2) is 0 Å². The Morgan fingerprint density at radius 2 is 1.81 bits per heavy atom. The second kappa shape index (κ2) is 5.96. The van der Waals surface area contributed by atoms with Crippen molar-refractivity contribution in [3.8, 4) is 0 Å². The maximum absolute atomic E-state index is 3.93. The summed E-state index contributed by atoms with van der Waals surface area (Å²) < 4.78 is 0. The van der Waals surface area contributed by atoms with Gasteiger partial charge in [-0.25, -0.2) is 0 Å². The minimum Gasteiger partial charge on any atom is -0.0838 e. The molecule has 2 aromatic carbocycles. The average Bonchev–Trinajstić information content (AvgIpc) is 2.57. The zero-order chi connectivity index (χ0) is 14.9. The highest BCUT2D eigenvalue weighted by molar-refractivity contribution is 9.09. The third-order valence-corrected chi connectivity index (χ3v) is 5.42. The van der Waals surface area contributed by atoms with Crippen molar-refractivity contribution in [3.05, 3.63) is 70.8 Å². The lowest BCUT2D eigenvalue weighted by molar-refractivity contribution is 0.316. The number of benzene rings is 2. The van der Waals surface area contributed by atoms with E-state index >= 15 is 0 Å². The quantitative estimate of drug-likeness (QED) is 0.458. The van der Waals surface area contributed by atoms with E-state index in [1.54, 1.807) is 0 Å². The fraction of sp³-hybridized carbons (Fsp3) is 0.400. The molecule has 0 aromatic heterocycles. The summed E-state index contributed by atoms with van der Waals surface area (Å²) in [5, 5.41) is 0. The number of fused-ring (bicyclic) bond motifs is 1. The number of hydrogen-bond donors (Lipinski definition) is 0. The summed E-state index contributed by atoms with van der Waals surface area (Å²) >= 11 is 3.93. The van der Waals surface area contributed by atoms with Gasteiger partial charge in [0, 0.05) is 4.83 Å². The third kappa shape index (κ3) is 3.58. The Bertz CT molecular complexity index is 613. The molecule has 0 bridgehead atoms. The van der Waals surface area contributed by atoms with Crippen LogP contribution >= 0.6 is 15.9 Å². The van der Waals surface area contributed by atoms with E-state index in [4.69, 9.17) is 0 Å². The lowest BCUT2D eigenvalue weighted by atomic mass is 9.84. The predicted octanol–water partition coefficient (Wildman–Crippen LogP) is 6.08. The van der Waals surface area contributed by atoms with Gasteiger partial charge in [0.2, 0.25) is 0 Å². The van der Waals surface area contributed by atoms with E-state index in [9.17, 15) is 0 Å². The molecule has 1 unspecified atom stereocenters. The van der Waals surface area contributed by atoms with Crippen molar-refractivity contribution in [1.82, 2.24) is 0 Å². The van der Waals surface area contributed by atoms with Crippen LogP contribution in [0.3, 0.4) is 0 Å². The summed E-state index contributed by atoms with van der Waals surface area (Å²) in [4.78, 5) is 0.487. The van der Waals surface area contributed by atoms with Crippen LogP contribution in [0.4, 0.5) is 0 Å². The van der Waals surface area contributed by atoms with Crippen molar-refractivity contribution < 1.29 is 0 Å². The molecule has 21 heavy (non-hydrogen) atoms. The van der Waals surface area contributed by atoms with E-state index in [0.717, 1.165) is 6.42 Å². The molecule has 0 fully saturated rings. The first-order valence-electron chi connectivity index (χ1n) is 7.83. The first-order valence-corrected chi connectivity index (χ1v) is 8.75. The highest BCUT2D eigenvalue weighted by atomic mass is 79.9. The Balaban J connectivity index is 1.88. The summed E-state index contributed by atoms with van der Waals surface area (Å²) in [6, 6.07) is 17.8. The summed E-state index contributed by atoms with van der Waals surface area (Å²) in [6.07, 6.45) is 4.72. The van der Waals surface area contributed by atoms with Crippen molar-refractivity contribution in [2.45, 2.75) is 44.4 Å². The largest absolute Gasteiger partial charge is 0.0838 e. The van der Waals surface area contributed by atoms with Crippen molar-refractivity contribution in [1.29, 1.82) is 0 Å². The van der Waals surface area contributed by atoms with Crippen LogP contribution in [0.5, 0.6) is 0 Å². The first-order chi connectivity index (χ1) is 10.0. The van der Waals surface area contributed by atoms with Gasteiger partial charge >= 0.3 is 0 Å². The Labute approximate surface area is 136 Å². The third-order valence-electron chi connectivity index (χ3n) is 4.60. The molecule has 3 rings (SSSR count). The Hall–Kier alpha value is -1.08. The minimum atomic E-state index is 0.423. The molecule has 1 heteroatoms. The molecule has 0 heterocycles. The van der Waals surface area contributed by atoms with E-state index < -0.39 is 0 Å². The van der Waals surface area contributed by atoms with Gasteiger partial charge in [0.1, 0.15) is 0 Å². The standard InChI is InChI=1S/C20H23Br/c1-20(2)11-10-17-9-8-16(13-18(17)19(21)14-20)12-15-6-4-3-5-7-15/h3-9,13,19H,10-12,14H2,1-2H3. The number of hydrogen-bond acceptors (Lipinski definition) is 0. The molecular weight excluding hydrogens is 320 g/mol. The summed E-state index contributed by atoms with van der Waals surface area (Å²) in [5.74, 6) is 0. The second-order valence-electron chi connectivity index (χ2n) is 7.03. The highest BCUT2D eigenvalue weighted by Crippen LogP contribution is 2.43. The van der Waals surface area contributed by atoms with E-state index in [-0.39, 0.29) is 0 Å². The van der Waals surface area contributed by atoms with Gasteiger partial charge in [-0.05, 0) is 53.4 Å². The van der Waals surface area contributed by atoms with Gasteiger partial charge in [-0.2, -0.15) is 0 Å². The predicted molar refractivity (Wildman–Crippen MR) is 94.1 cm³/mol. The van der Waals surface area contributed by atoms with Crippen LogP contribution in [0.2, 0.25) is 0 Å². The van der Waals surface area contributed by atoms with Gasteiger partial charge in [0.15, 0.2) is 0 Å². The molecule has 1 atom stereocenters. The van der Waals surface area contributed by atoms with Crippen LogP contribution in [0.25, 0.3) is 0 Å². The molecular formula is C20H23Br. The van der Waals surface area contributed by atoms with Gasteiger partial charge in [0.05, 0.1) is 0 Å². The number of halogens is 1. The van der Waals surface area contributed by atoms with Gasteiger partial charge in [-0.15, -0.1) is 0 Å². The minimum absolute atomic E-state index is 0.423. The lowest BCUT2D eigenvalue weighted by Crippen LogP contribution is -2.11. The van der Waals surface area contributed by atoms with E-state index in [2.05, 4.69) is 78.3 Å². The van der Waals surface area contributed by atoms with Gasteiger partial charge in [0.25, 0.3) is 0 Å². The zero-order valence-corrected chi connectivity index (χ0v) is 14.5. The van der Waals surface area contributed by atoms with Gasteiger partial charge < -0.3 is 0 Å². The molecule has 0 N–H and O–H groups in total. The van der Waals surface area contributed by atoms with Crippen molar-refractivity contribution in [2.75, 3.05) is 0 Å². The summed E-state index contributed by atoms with van der Waals surface area (Å²) in [7, 11) is 0. The van der Waals surface area contributed by atoms with Crippen molar-refractivity contribution >= 4 is 15.9 Å². The van der Waals surface area contributed by atoms with Crippen LogP contribution in [0, 0.1) is 5.41 Å². The summed E-state index contributed by atoms with van der Waals surface area (Å²) in [5.41, 5.74) is 6.27. The van der Waals surface area contributed by atoms with E-state index in [0.29, 0.717) is 10.2 Å². The summed E-state index contributed by atoms with van der Waals surface area (Å²) in [6.45, 7) is 4.77. The molecule has 0 saturated heterocycles. The topological polar surface area (TPSA) is 0 Å². The highest BCUT2D eigenvalue weighted by Gasteiger charge is 2.28. The maximum atomic E-state index is 3.93. The second-order valence-corrected chi connectivity index (χ2v) is 8.14. The smallest absolute Gasteiger partial charge is 0.0403 e. The van der Waals surface area contributed by atoms with Gasteiger partial charge in [-0.3, -0.25) is 0 Å². The molecule has 0 aliphatic heterocycles. The van der Waals surface area contributed by atoms with Crippen LogP contribution in [0.1, 0.15) is 53.8 Å². The van der Waals surface area contributed by atoms with Crippen molar-refractivity contribution in [2.24, 2.45) is 5.41 Å². The molecule has 0 saturated carbocycles. The molecule has 0 radical (unpaired) electrons. The van der Waals surface area contributed by atoms with Crippen molar-refractivity contribution in [3.63, 3.8) is 0 Å². The fourth-order valence-electron chi connectivity index (χ4n) is 3.28. The van der Waals surface area contributed by atoms with Gasteiger partial charge in [-0.1, -0.05) is 78.3 Å². The number of rotatable bonds is 2. The zero-order valence-electron chi connectivity index (χ0n) is 12.9. The Kier molecular flexibility index (Phi) is 4.21. The average molecular weight is 343 g/mol. The molecule has 0 spiro atoms. The first kappa shape index (κ1) is 14.8. The molecule has 110 valence electrons. The molecule has 0 nitrogen and oxygen atoms in total. The van der Waals surface area contributed by atoms with E-state index in [1.807, 2.05) is 0 Å². The molecule has 0 amide bonds. The maximum Gasteiger partial charge on any atom is 0.0403 e.